The minimum absolute atomic E-state index is 0.104. The number of hydrogen-bond donors (Lipinski definition) is 1. The Labute approximate surface area is 159 Å². The van der Waals surface area contributed by atoms with Gasteiger partial charge in [-0.3, -0.25) is 4.79 Å². The van der Waals surface area contributed by atoms with Crippen LogP contribution in [0.4, 0.5) is 4.39 Å². The van der Waals surface area contributed by atoms with Gasteiger partial charge in [-0.1, -0.05) is 24.3 Å². The molecular weight excluding hydrogens is 367 g/mol. The highest BCUT2D eigenvalue weighted by molar-refractivity contribution is 7.89. The van der Waals surface area contributed by atoms with E-state index in [1.807, 2.05) is 0 Å². The van der Waals surface area contributed by atoms with Gasteiger partial charge in [0.2, 0.25) is 15.9 Å². The van der Waals surface area contributed by atoms with Gasteiger partial charge in [0, 0.05) is 26.1 Å². The van der Waals surface area contributed by atoms with E-state index in [0.717, 1.165) is 24.0 Å². The third-order valence-corrected chi connectivity index (χ3v) is 6.58. The lowest BCUT2D eigenvalue weighted by molar-refractivity contribution is -0.121. The predicted octanol–water partition coefficient (Wildman–Crippen LogP) is 2.86. The highest BCUT2D eigenvalue weighted by atomic mass is 32.2. The molecule has 0 bridgehead atoms. The van der Waals surface area contributed by atoms with E-state index >= 15 is 0 Å². The molecule has 1 aliphatic heterocycles. The molecule has 5 nitrogen and oxygen atoms in total. The summed E-state index contributed by atoms with van der Waals surface area (Å²) in [6, 6.07) is 12.7. The van der Waals surface area contributed by atoms with Crippen molar-refractivity contribution in [2.75, 3.05) is 13.1 Å². The average Bonchev–Trinajstić information content (AvgIpc) is 3.22. The van der Waals surface area contributed by atoms with Crippen molar-refractivity contribution in [2.24, 2.45) is 0 Å². The van der Waals surface area contributed by atoms with Gasteiger partial charge in [0.05, 0.1) is 4.90 Å². The Morgan fingerprint density at radius 1 is 0.963 bits per heavy atom. The van der Waals surface area contributed by atoms with Crippen molar-refractivity contribution in [1.29, 1.82) is 0 Å². The van der Waals surface area contributed by atoms with E-state index in [4.69, 9.17) is 0 Å². The smallest absolute Gasteiger partial charge is 0.243 e. The molecule has 0 aromatic heterocycles. The maximum Gasteiger partial charge on any atom is 0.243 e. The van der Waals surface area contributed by atoms with Crippen LogP contribution >= 0.6 is 0 Å². The molecular formula is C20H23FN2O3S. The summed E-state index contributed by atoms with van der Waals surface area (Å²) >= 11 is 0. The molecule has 2 aromatic carbocycles. The van der Waals surface area contributed by atoms with Gasteiger partial charge >= 0.3 is 0 Å². The summed E-state index contributed by atoms with van der Waals surface area (Å²) in [5.74, 6) is -0.409. The molecule has 7 heteroatoms. The monoisotopic (exact) mass is 390 g/mol. The van der Waals surface area contributed by atoms with Gasteiger partial charge in [0.25, 0.3) is 0 Å². The Kier molecular flexibility index (Phi) is 6.23. The first-order valence-electron chi connectivity index (χ1n) is 9.05. The number of halogens is 1. The van der Waals surface area contributed by atoms with Crippen LogP contribution in [0.3, 0.4) is 0 Å². The van der Waals surface area contributed by atoms with Crippen molar-refractivity contribution in [3.8, 4) is 0 Å². The highest BCUT2D eigenvalue weighted by Gasteiger charge is 2.26. The van der Waals surface area contributed by atoms with Crippen LogP contribution < -0.4 is 5.32 Å². The molecule has 0 spiro atoms. The zero-order chi connectivity index (χ0) is 19.3. The van der Waals surface area contributed by atoms with E-state index in [1.54, 1.807) is 36.4 Å². The zero-order valence-corrected chi connectivity index (χ0v) is 15.8. The summed E-state index contributed by atoms with van der Waals surface area (Å²) < 4.78 is 39.4. The van der Waals surface area contributed by atoms with E-state index in [1.165, 1.54) is 16.4 Å². The Morgan fingerprint density at radius 3 is 2.19 bits per heavy atom. The summed E-state index contributed by atoms with van der Waals surface area (Å²) in [7, 11) is -3.40. The van der Waals surface area contributed by atoms with Crippen LogP contribution in [0.25, 0.3) is 0 Å². The lowest BCUT2D eigenvalue weighted by Crippen LogP contribution is -2.27. The zero-order valence-electron chi connectivity index (χ0n) is 15.0. The van der Waals surface area contributed by atoms with Crippen molar-refractivity contribution in [3.63, 3.8) is 0 Å². The summed E-state index contributed by atoms with van der Waals surface area (Å²) in [4.78, 5) is 12.3. The van der Waals surface area contributed by atoms with Gasteiger partial charge in [-0.05, 0) is 54.7 Å². The summed E-state index contributed by atoms with van der Waals surface area (Å²) in [6.07, 6.45) is 2.65. The molecule has 0 atom stereocenters. The molecule has 144 valence electrons. The second kappa shape index (κ2) is 8.63. The Balaban J connectivity index is 1.49. The molecule has 0 unspecified atom stereocenters. The molecule has 3 rings (SSSR count). The molecule has 1 N–H and O–H groups in total. The number of amides is 1. The first-order valence-corrected chi connectivity index (χ1v) is 10.5. The maximum absolute atomic E-state index is 12.9. The van der Waals surface area contributed by atoms with Gasteiger partial charge in [-0.2, -0.15) is 4.31 Å². The van der Waals surface area contributed by atoms with Crippen LogP contribution in [0.1, 0.15) is 30.4 Å². The number of nitrogens with zero attached hydrogens (tertiary/aromatic N) is 1. The maximum atomic E-state index is 12.9. The molecule has 1 amide bonds. The van der Waals surface area contributed by atoms with Crippen LogP contribution in [0.15, 0.2) is 53.4 Å². The van der Waals surface area contributed by atoms with E-state index in [9.17, 15) is 17.6 Å². The third kappa shape index (κ3) is 5.14. The van der Waals surface area contributed by atoms with Gasteiger partial charge in [0.1, 0.15) is 5.82 Å². The van der Waals surface area contributed by atoms with Gasteiger partial charge in [-0.25, -0.2) is 12.8 Å². The largest absolute Gasteiger partial charge is 0.352 e. The predicted molar refractivity (Wildman–Crippen MR) is 101 cm³/mol. The number of rotatable bonds is 7. The third-order valence-electron chi connectivity index (χ3n) is 4.67. The normalized spacial score (nSPS) is 15.0. The Hall–Kier alpha value is -2.25. The van der Waals surface area contributed by atoms with Crippen molar-refractivity contribution >= 4 is 15.9 Å². The van der Waals surface area contributed by atoms with Crippen LogP contribution in [0.5, 0.6) is 0 Å². The van der Waals surface area contributed by atoms with Crippen LogP contribution in [0.2, 0.25) is 0 Å². The number of carbonyl (C=O) groups is 1. The first kappa shape index (κ1) is 19.5. The summed E-state index contributed by atoms with van der Waals surface area (Å²) in [5.41, 5.74) is 1.74. The average molecular weight is 390 g/mol. The molecule has 27 heavy (non-hydrogen) atoms. The fourth-order valence-electron chi connectivity index (χ4n) is 3.05. The van der Waals surface area contributed by atoms with Gasteiger partial charge in [-0.15, -0.1) is 0 Å². The summed E-state index contributed by atoms with van der Waals surface area (Å²) in [6.45, 7) is 1.52. The molecule has 1 fully saturated rings. The fraction of sp³-hybridized carbons (Fsp3) is 0.350. The number of sulfonamides is 1. The number of hydrogen-bond acceptors (Lipinski definition) is 3. The van der Waals surface area contributed by atoms with Crippen molar-refractivity contribution < 1.29 is 17.6 Å². The first-order chi connectivity index (χ1) is 12.9. The molecule has 0 radical (unpaired) electrons. The lowest BCUT2D eigenvalue weighted by Gasteiger charge is -2.15. The highest BCUT2D eigenvalue weighted by Crippen LogP contribution is 2.21. The van der Waals surface area contributed by atoms with Crippen molar-refractivity contribution in [3.05, 3.63) is 65.5 Å². The van der Waals surface area contributed by atoms with Crippen LogP contribution in [-0.2, 0) is 27.8 Å². The van der Waals surface area contributed by atoms with Crippen molar-refractivity contribution in [2.45, 2.75) is 37.1 Å². The SMILES string of the molecule is O=C(CCc1ccc(S(=O)(=O)N2CCCC2)cc1)NCc1ccc(F)cc1. The van der Waals surface area contributed by atoms with Gasteiger partial charge < -0.3 is 5.32 Å². The lowest BCUT2D eigenvalue weighted by atomic mass is 10.1. The molecule has 1 heterocycles. The fourth-order valence-corrected chi connectivity index (χ4v) is 4.57. The van der Waals surface area contributed by atoms with Crippen molar-refractivity contribution in [1.82, 2.24) is 9.62 Å². The second-order valence-corrected chi connectivity index (χ2v) is 8.60. The molecule has 2 aromatic rings. The summed E-state index contributed by atoms with van der Waals surface area (Å²) in [5, 5.41) is 2.80. The van der Waals surface area contributed by atoms with E-state index in [2.05, 4.69) is 5.32 Å². The minimum atomic E-state index is -3.40. The van der Waals surface area contributed by atoms with E-state index < -0.39 is 10.0 Å². The van der Waals surface area contributed by atoms with E-state index in [-0.39, 0.29) is 11.7 Å². The van der Waals surface area contributed by atoms with E-state index in [0.29, 0.717) is 37.4 Å². The standard InChI is InChI=1S/C20H23FN2O3S/c21-18-8-3-17(4-9-18)15-22-20(24)12-7-16-5-10-19(11-6-16)27(25,26)23-13-1-2-14-23/h3-6,8-11H,1-2,7,12-15H2,(H,22,24). The molecule has 1 aliphatic rings. The van der Waals surface area contributed by atoms with Gasteiger partial charge in [0.15, 0.2) is 0 Å². The minimum Gasteiger partial charge on any atom is -0.352 e. The number of benzene rings is 2. The topological polar surface area (TPSA) is 66.5 Å². The number of aryl methyl sites for hydroxylation is 1. The quantitative estimate of drug-likeness (QED) is 0.791. The Bertz CT molecular complexity index is 874. The number of carbonyl (C=O) groups excluding carboxylic acids is 1. The second-order valence-electron chi connectivity index (χ2n) is 6.66. The van der Waals surface area contributed by atoms with Crippen LogP contribution in [-0.4, -0.2) is 31.7 Å². The van der Waals surface area contributed by atoms with Crippen LogP contribution in [0, 0.1) is 5.82 Å². The Morgan fingerprint density at radius 2 is 1.56 bits per heavy atom. The number of nitrogens with one attached hydrogen (secondary N) is 1. The molecule has 1 saturated heterocycles. The molecule has 0 saturated carbocycles. The molecule has 0 aliphatic carbocycles.